The number of piperazine rings is 1. The molecule has 2 aliphatic heterocycles. The van der Waals surface area contributed by atoms with Crippen LogP contribution in [0.5, 0.6) is 5.75 Å². The number of carbonyl (C=O) groups excluding carboxylic acids is 3. The number of rotatable bonds is 7. The van der Waals surface area contributed by atoms with E-state index >= 15 is 0 Å². The Kier molecular flexibility index (Phi) is 7.78. The van der Waals surface area contributed by atoms with E-state index in [-0.39, 0.29) is 61.1 Å². The van der Waals surface area contributed by atoms with Crippen LogP contribution in [0, 0.1) is 11.6 Å². The average Bonchev–Trinajstić information content (AvgIpc) is 3.56. The third-order valence-electron chi connectivity index (χ3n) is 7.93. The van der Waals surface area contributed by atoms with Gasteiger partial charge in [0.15, 0.2) is 5.13 Å². The first-order valence-corrected chi connectivity index (χ1v) is 14.6. The standard InChI is InChI=1S/C30H29F2N7O4S/c1-36(30(43)34-13-18-2-7-20(31)8-3-18)38-16-25(41)39-23(12-17-4-9-21(40)10-5-17)28(42)37(15-24(38)39)14-19-6-11-22(32)27-26(19)35-29(33)44-27/h2-11,23-24,40H,12-16H2,1H3,(H2,33,35)(H,34,43)/t23-,24+/m0/s1. The molecule has 3 heterocycles. The van der Waals surface area contributed by atoms with Crippen LogP contribution in [-0.4, -0.2) is 80.1 Å². The Morgan fingerprint density at radius 1 is 1.09 bits per heavy atom. The molecule has 1 aromatic heterocycles. The van der Waals surface area contributed by atoms with Gasteiger partial charge in [-0.1, -0.05) is 41.7 Å². The van der Waals surface area contributed by atoms with Crippen LogP contribution in [0.2, 0.25) is 0 Å². The molecular formula is C30H29F2N7O4S. The Morgan fingerprint density at radius 3 is 2.52 bits per heavy atom. The number of halogens is 2. The highest BCUT2D eigenvalue weighted by Crippen LogP contribution is 2.33. The molecule has 2 fully saturated rings. The average molecular weight is 622 g/mol. The first-order chi connectivity index (χ1) is 21.1. The molecule has 4 aromatic rings. The van der Waals surface area contributed by atoms with Gasteiger partial charge in [0.2, 0.25) is 11.8 Å². The summed E-state index contributed by atoms with van der Waals surface area (Å²) in [6.07, 6.45) is -0.505. The Hall–Kier alpha value is -4.82. The molecule has 4 amide bonds. The molecular weight excluding hydrogens is 592 g/mol. The van der Waals surface area contributed by atoms with Gasteiger partial charge in [-0.15, -0.1) is 0 Å². The number of anilines is 1. The number of carbonyl (C=O) groups is 3. The van der Waals surface area contributed by atoms with Crippen molar-refractivity contribution in [2.75, 3.05) is 25.9 Å². The number of phenolic OH excluding ortho intramolecular Hbond substituents is 1. The minimum atomic E-state index is -0.900. The predicted molar refractivity (Wildman–Crippen MR) is 159 cm³/mol. The molecule has 0 radical (unpaired) electrons. The number of phenols is 1. The zero-order valence-electron chi connectivity index (χ0n) is 23.6. The third kappa shape index (κ3) is 5.61. The maximum atomic E-state index is 14.5. The van der Waals surface area contributed by atoms with Crippen LogP contribution in [0.4, 0.5) is 18.7 Å². The lowest BCUT2D eigenvalue weighted by atomic mass is 9.99. The molecule has 6 rings (SSSR count). The highest BCUT2D eigenvalue weighted by atomic mass is 32.1. The zero-order valence-corrected chi connectivity index (χ0v) is 24.4. The fraction of sp³-hybridized carbons (Fsp3) is 0.267. The first kappa shape index (κ1) is 29.3. The fourth-order valence-corrected chi connectivity index (χ4v) is 6.48. The van der Waals surface area contributed by atoms with E-state index in [9.17, 15) is 28.3 Å². The molecule has 2 aliphatic rings. The molecule has 0 spiro atoms. The van der Waals surface area contributed by atoms with E-state index in [0.29, 0.717) is 21.3 Å². The van der Waals surface area contributed by atoms with Crippen molar-refractivity contribution < 1.29 is 28.3 Å². The molecule has 44 heavy (non-hydrogen) atoms. The van der Waals surface area contributed by atoms with Crippen molar-refractivity contribution in [3.8, 4) is 5.75 Å². The molecule has 11 nitrogen and oxygen atoms in total. The Bertz CT molecular complexity index is 1730. The lowest BCUT2D eigenvalue weighted by Crippen LogP contribution is -2.65. The number of urea groups is 1. The number of thiazole rings is 1. The second-order valence-corrected chi connectivity index (χ2v) is 11.8. The van der Waals surface area contributed by atoms with Crippen molar-refractivity contribution in [1.29, 1.82) is 0 Å². The van der Waals surface area contributed by atoms with Crippen molar-refractivity contribution >= 4 is 44.5 Å². The minimum Gasteiger partial charge on any atom is -0.508 e. The molecule has 0 aliphatic carbocycles. The number of amides is 4. The van der Waals surface area contributed by atoms with Crippen molar-refractivity contribution in [1.82, 2.24) is 30.1 Å². The second-order valence-electron chi connectivity index (χ2n) is 10.7. The number of nitrogens with zero attached hydrogens (tertiary/aromatic N) is 5. The van der Waals surface area contributed by atoms with Gasteiger partial charge in [-0.2, -0.15) is 5.01 Å². The predicted octanol–water partition coefficient (Wildman–Crippen LogP) is 3.04. The summed E-state index contributed by atoms with van der Waals surface area (Å²) >= 11 is 1.02. The molecule has 2 atom stereocenters. The smallest absolute Gasteiger partial charge is 0.332 e. The van der Waals surface area contributed by atoms with Gasteiger partial charge in [-0.25, -0.2) is 18.6 Å². The van der Waals surface area contributed by atoms with Gasteiger partial charge in [0.05, 0.1) is 23.3 Å². The molecule has 0 bridgehead atoms. The van der Waals surface area contributed by atoms with Crippen LogP contribution in [0.15, 0.2) is 60.7 Å². The fourth-order valence-electron chi connectivity index (χ4n) is 5.69. The van der Waals surface area contributed by atoms with E-state index < -0.39 is 24.1 Å². The highest BCUT2D eigenvalue weighted by Gasteiger charge is 2.51. The Labute approximate surface area is 255 Å². The number of benzene rings is 3. The Balaban J connectivity index is 1.28. The van der Waals surface area contributed by atoms with Gasteiger partial charge in [-0.05, 0) is 47.0 Å². The van der Waals surface area contributed by atoms with Gasteiger partial charge < -0.3 is 26.0 Å². The van der Waals surface area contributed by atoms with Gasteiger partial charge in [-0.3, -0.25) is 14.6 Å². The molecule has 228 valence electrons. The number of aromatic hydroxyl groups is 1. The van der Waals surface area contributed by atoms with Gasteiger partial charge in [0, 0.05) is 26.6 Å². The molecule has 2 saturated heterocycles. The number of nitrogen functional groups attached to an aromatic ring is 1. The molecule has 4 N–H and O–H groups in total. The van der Waals surface area contributed by atoms with E-state index in [1.165, 1.54) is 47.3 Å². The van der Waals surface area contributed by atoms with E-state index in [1.807, 2.05) is 0 Å². The van der Waals surface area contributed by atoms with Gasteiger partial charge >= 0.3 is 6.03 Å². The van der Waals surface area contributed by atoms with Gasteiger partial charge in [0.1, 0.15) is 29.6 Å². The summed E-state index contributed by atoms with van der Waals surface area (Å²) in [4.78, 5) is 48.0. The number of hydrogen-bond acceptors (Lipinski definition) is 8. The van der Waals surface area contributed by atoms with E-state index in [4.69, 9.17) is 5.73 Å². The number of hydrazine groups is 1. The largest absolute Gasteiger partial charge is 0.508 e. The molecule has 3 aromatic carbocycles. The summed E-state index contributed by atoms with van der Waals surface area (Å²) in [5.74, 6) is -1.40. The van der Waals surface area contributed by atoms with Gasteiger partial charge in [0.25, 0.3) is 0 Å². The lowest BCUT2D eigenvalue weighted by Gasteiger charge is -2.45. The SMILES string of the molecule is CN(C(=O)NCc1ccc(F)cc1)N1CC(=O)N2[C@@H](Cc3ccc(O)cc3)C(=O)N(Cc3ccc(F)c4sc(N)nc34)C[C@@H]21. The molecule has 14 heteroatoms. The summed E-state index contributed by atoms with van der Waals surface area (Å²) < 4.78 is 28.1. The normalized spacial score (nSPS) is 18.6. The van der Waals surface area contributed by atoms with Crippen LogP contribution in [-0.2, 0) is 29.1 Å². The van der Waals surface area contributed by atoms with Crippen LogP contribution in [0.1, 0.15) is 16.7 Å². The van der Waals surface area contributed by atoms with Crippen LogP contribution in [0.3, 0.4) is 0 Å². The van der Waals surface area contributed by atoms with Crippen molar-refractivity contribution in [3.63, 3.8) is 0 Å². The van der Waals surface area contributed by atoms with E-state index in [2.05, 4.69) is 10.3 Å². The topological polar surface area (TPSA) is 135 Å². The second kappa shape index (κ2) is 11.7. The minimum absolute atomic E-state index is 0.0720. The van der Waals surface area contributed by atoms with Crippen molar-refractivity contribution in [2.24, 2.45) is 0 Å². The van der Waals surface area contributed by atoms with Crippen molar-refractivity contribution in [2.45, 2.75) is 31.7 Å². The van der Waals surface area contributed by atoms with Crippen LogP contribution < -0.4 is 11.1 Å². The van der Waals surface area contributed by atoms with Crippen LogP contribution in [0.25, 0.3) is 10.2 Å². The number of nitrogens with two attached hydrogens (primary N) is 1. The zero-order chi connectivity index (χ0) is 31.1. The lowest BCUT2D eigenvalue weighted by molar-refractivity contribution is -0.157. The van der Waals surface area contributed by atoms with Crippen molar-refractivity contribution in [3.05, 3.63) is 89.0 Å². The Morgan fingerprint density at radius 2 is 1.80 bits per heavy atom. The first-order valence-electron chi connectivity index (χ1n) is 13.8. The maximum absolute atomic E-state index is 14.5. The maximum Gasteiger partial charge on any atom is 0.332 e. The third-order valence-corrected chi connectivity index (χ3v) is 8.82. The summed E-state index contributed by atoms with van der Waals surface area (Å²) in [5.41, 5.74) is 8.27. The summed E-state index contributed by atoms with van der Waals surface area (Å²) in [6, 6.07) is 13.6. The summed E-state index contributed by atoms with van der Waals surface area (Å²) in [5, 5.41) is 15.7. The number of aromatic nitrogens is 1. The van der Waals surface area contributed by atoms with Crippen LogP contribution >= 0.6 is 11.3 Å². The molecule has 0 saturated carbocycles. The number of hydrogen-bond donors (Lipinski definition) is 3. The summed E-state index contributed by atoms with van der Waals surface area (Å²) in [6.45, 7) is 0.162. The number of nitrogens with one attached hydrogen (secondary N) is 1. The number of fused-ring (bicyclic) bond motifs is 2. The van der Waals surface area contributed by atoms with E-state index in [1.54, 1.807) is 40.2 Å². The quantitative estimate of drug-likeness (QED) is 0.289. The van der Waals surface area contributed by atoms with E-state index in [0.717, 1.165) is 16.9 Å². The monoisotopic (exact) mass is 621 g/mol. The highest BCUT2D eigenvalue weighted by molar-refractivity contribution is 7.22. The summed E-state index contributed by atoms with van der Waals surface area (Å²) in [7, 11) is 1.54. The molecule has 0 unspecified atom stereocenters.